The summed E-state index contributed by atoms with van der Waals surface area (Å²) in [5, 5.41) is 8.63. The van der Waals surface area contributed by atoms with Gasteiger partial charge in [-0.15, -0.1) is 11.3 Å². The topological polar surface area (TPSA) is 80.1 Å². The van der Waals surface area contributed by atoms with Crippen LogP contribution in [0.3, 0.4) is 0 Å². The van der Waals surface area contributed by atoms with E-state index in [2.05, 4.69) is 15.4 Å². The summed E-state index contributed by atoms with van der Waals surface area (Å²) >= 11 is 1.43. The number of amides is 3. The molecule has 0 bridgehead atoms. The Balaban J connectivity index is 1.78. The molecule has 0 radical (unpaired) electrons. The number of urea groups is 1. The second kappa shape index (κ2) is 4.71. The van der Waals surface area contributed by atoms with Crippen LogP contribution in [-0.2, 0) is 17.9 Å². The molecule has 8 heteroatoms. The van der Waals surface area contributed by atoms with Crippen molar-refractivity contribution in [2.75, 3.05) is 0 Å². The van der Waals surface area contributed by atoms with Crippen LogP contribution >= 0.6 is 11.3 Å². The van der Waals surface area contributed by atoms with E-state index in [0.29, 0.717) is 12.2 Å². The molecule has 104 valence electrons. The maximum atomic E-state index is 12.5. The van der Waals surface area contributed by atoms with Crippen LogP contribution in [0.15, 0.2) is 29.4 Å². The lowest BCUT2D eigenvalue weighted by Crippen LogP contribution is -2.47. The minimum atomic E-state index is -0.973. The second-order valence-electron chi connectivity index (χ2n) is 4.84. The highest BCUT2D eigenvalue weighted by Gasteiger charge is 2.48. The van der Waals surface area contributed by atoms with Gasteiger partial charge in [-0.25, -0.2) is 9.78 Å². The van der Waals surface area contributed by atoms with Crippen molar-refractivity contribution < 1.29 is 9.59 Å². The van der Waals surface area contributed by atoms with Crippen molar-refractivity contribution >= 4 is 23.3 Å². The molecule has 20 heavy (non-hydrogen) atoms. The van der Waals surface area contributed by atoms with E-state index in [9.17, 15) is 9.59 Å². The zero-order valence-electron chi connectivity index (χ0n) is 10.8. The van der Waals surface area contributed by atoms with Gasteiger partial charge in [-0.2, -0.15) is 5.10 Å². The molecule has 1 aliphatic rings. The molecule has 2 aromatic rings. The normalized spacial score (nSPS) is 22.4. The molecule has 1 saturated heterocycles. The van der Waals surface area contributed by atoms with E-state index in [4.69, 9.17) is 0 Å². The zero-order chi connectivity index (χ0) is 14.2. The lowest BCUT2D eigenvalue weighted by Gasteiger charge is -2.21. The zero-order valence-corrected chi connectivity index (χ0v) is 11.6. The SMILES string of the molecule is CC1(Cn2cccn2)NC(=O)N(Cc2cscn2)C1=O. The smallest absolute Gasteiger partial charge is 0.322 e. The number of thiazole rings is 1. The lowest BCUT2D eigenvalue weighted by atomic mass is 10.0. The summed E-state index contributed by atoms with van der Waals surface area (Å²) in [5.41, 5.74) is 1.41. The number of hydrogen-bond acceptors (Lipinski definition) is 5. The van der Waals surface area contributed by atoms with Gasteiger partial charge >= 0.3 is 6.03 Å². The summed E-state index contributed by atoms with van der Waals surface area (Å²) in [6.07, 6.45) is 3.39. The largest absolute Gasteiger partial charge is 0.325 e. The third-order valence-corrected chi connectivity index (χ3v) is 3.82. The van der Waals surface area contributed by atoms with Gasteiger partial charge < -0.3 is 5.32 Å². The van der Waals surface area contributed by atoms with Crippen molar-refractivity contribution in [3.05, 3.63) is 35.0 Å². The molecule has 0 saturated carbocycles. The highest BCUT2D eigenvalue weighted by molar-refractivity contribution is 7.07. The van der Waals surface area contributed by atoms with Gasteiger partial charge in [-0.3, -0.25) is 14.4 Å². The fourth-order valence-corrected chi connectivity index (χ4v) is 2.74. The maximum Gasteiger partial charge on any atom is 0.325 e. The minimum absolute atomic E-state index is 0.197. The second-order valence-corrected chi connectivity index (χ2v) is 5.56. The molecule has 1 aliphatic heterocycles. The number of imide groups is 1. The van der Waals surface area contributed by atoms with Gasteiger partial charge in [0.15, 0.2) is 0 Å². The fraction of sp³-hybridized carbons (Fsp3) is 0.333. The Hall–Kier alpha value is -2.22. The Kier molecular flexibility index (Phi) is 3.01. The number of nitrogens with zero attached hydrogens (tertiary/aromatic N) is 4. The quantitative estimate of drug-likeness (QED) is 0.847. The number of aromatic nitrogens is 3. The highest BCUT2D eigenvalue weighted by Crippen LogP contribution is 2.21. The van der Waals surface area contributed by atoms with E-state index in [-0.39, 0.29) is 12.5 Å². The van der Waals surface area contributed by atoms with E-state index in [1.165, 1.54) is 16.2 Å². The van der Waals surface area contributed by atoms with Crippen LogP contribution in [-0.4, -0.2) is 37.1 Å². The maximum absolute atomic E-state index is 12.5. The molecular formula is C12H13N5O2S. The van der Waals surface area contributed by atoms with Crippen molar-refractivity contribution in [2.24, 2.45) is 0 Å². The van der Waals surface area contributed by atoms with Gasteiger partial charge in [0.25, 0.3) is 5.91 Å². The molecule has 0 spiro atoms. The molecule has 3 amide bonds. The first-order chi connectivity index (χ1) is 9.58. The Morgan fingerprint density at radius 3 is 2.95 bits per heavy atom. The Morgan fingerprint density at radius 2 is 2.30 bits per heavy atom. The Labute approximate surface area is 119 Å². The monoisotopic (exact) mass is 291 g/mol. The predicted octanol–water partition coefficient (Wildman–Crippen LogP) is 0.850. The molecule has 1 atom stereocenters. The van der Waals surface area contributed by atoms with Crippen LogP contribution in [0.25, 0.3) is 0 Å². The molecule has 1 N–H and O–H groups in total. The van der Waals surface area contributed by atoms with E-state index < -0.39 is 11.6 Å². The van der Waals surface area contributed by atoms with Crippen molar-refractivity contribution in [3.8, 4) is 0 Å². The average molecular weight is 291 g/mol. The number of rotatable bonds is 4. The van der Waals surface area contributed by atoms with Crippen molar-refractivity contribution in [2.45, 2.75) is 25.6 Å². The van der Waals surface area contributed by atoms with E-state index >= 15 is 0 Å². The van der Waals surface area contributed by atoms with Gasteiger partial charge in [0.05, 0.1) is 24.3 Å². The number of hydrogen-bond donors (Lipinski definition) is 1. The minimum Gasteiger partial charge on any atom is -0.322 e. The summed E-state index contributed by atoms with van der Waals surface area (Å²) in [5.74, 6) is -0.258. The van der Waals surface area contributed by atoms with E-state index in [0.717, 1.165) is 0 Å². The van der Waals surface area contributed by atoms with Crippen LogP contribution in [0.1, 0.15) is 12.6 Å². The van der Waals surface area contributed by atoms with E-state index in [1.807, 2.05) is 5.38 Å². The number of carbonyl (C=O) groups is 2. The van der Waals surface area contributed by atoms with Crippen LogP contribution < -0.4 is 5.32 Å². The summed E-state index contributed by atoms with van der Waals surface area (Å²) in [6.45, 7) is 2.21. The van der Waals surface area contributed by atoms with Gasteiger partial charge in [-0.1, -0.05) is 0 Å². The van der Waals surface area contributed by atoms with Crippen LogP contribution in [0, 0.1) is 0 Å². The molecule has 3 heterocycles. The van der Waals surface area contributed by atoms with Gasteiger partial charge in [-0.05, 0) is 13.0 Å². The molecule has 2 aromatic heterocycles. The first kappa shape index (κ1) is 12.8. The van der Waals surface area contributed by atoms with Gasteiger partial charge in [0.2, 0.25) is 0 Å². The summed E-state index contributed by atoms with van der Waals surface area (Å²) in [7, 11) is 0. The van der Waals surface area contributed by atoms with Crippen LogP contribution in [0.2, 0.25) is 0 Å². The summed E-state index contributed by atoms with van der Waals surface area (Å²) < 4.78 is 1.63. The van der Waals surface area contributed by atoms with Crippen molar-refractivity contribution in [3.63, 3.8) is 0 Å². The predicted molar refractivity (Wildman–Crippen MR) is 71.8 cm³/mol. The summed E-state index contributed by atoms with van der Waals surface area (Å²) in [6, 6.07) is 1.38. The van der Waals surface area contributed by atoms with Gasteiger partial charge in [0.1, 0.15) is 5.54 Å². The van der Waals surface area contributed by atoms with Gasteiger partial charge in [0, 0.05) is 17.8 Å². The number of carbonyl (C=O) groups excluding carboxylic acids is 2. The first-order valence-electron chi connectivity index (χ1n) is 6.07. The van der Waals surface area contributed by atoms with Crippen molar-refractivity contribution in [1.82, 2.24) is 25.0 Å². The molecule has 7 nitrogen and oxygen atoms in total. The molecule has 1 fully saturated rings. The first-order valence-corrected chi connectivity index (χ1v) is 7.01. The van der Waals surface area contributed by atoms with Crippen molar-refractivity contribution in [1.29, 1.82) is 0 Å². The standard InChI is InChI=1S/C12H13N5O2S/c1-12(7-16-4-2-3-14-16)10(18)17(11(19)15-12)5-9-6-20-8-13-9/h2-4,6,8H,5,7H2,1H3,(H,15,19). The third kappa shape index (κ3) is 2.18. The molecule has 0 aliphatic carbocycles. The fourth-order valence-electron chi connectivity index (χ4n) is 2.19. The molecule has 3 rings (SSSR count). The van der Waals surface area contributed by atoms with Crippen LogP contribution in [0.4, 0.5) is 4.79 Å². The lowest BCUT2D eigenvalue weighted by molar-refractivity contribution is -0.131. The number of nitrogens with one attached hydrogen (secondary N) is 1. The van der Waals surface area contributed by atoms with E-state index in [1.54, 1.807) is 35.6 Å². The van der Waals surface area contributed by atoms with Crippen LogP contribution in [0.5, 0.6) is 0 Å². The molecule has 0 aromatic carbocycles. The Bertz CT molecular complexity index is 624. The summed E-state index contributed by atoms with van der Waals surface area (Å²) in [4.78, 5) is 29.8. The highest BCUT2D eigenvalue weighted by atomic mass is 32.1. The average Bonchev–Trinajstić information content (AvgIpc) is 3.10. The Morgan fingerprint density at radius 1 is 1.45 bits per heavy atom. The third-order valence-electron chi connectivity index (χ3n) is 3.19. The molecular weight excluding hydrogens is 278 g/mol. The molecule has 1 unspecified atom stereocenters.